The van der Waals surface area contributed by atoms with Crippen molar-refractivity contribution in [3.63, 3.8) is 0 Å². The van der Waals surface area contributed by atoms with Crippen LogP contribution in [0.2, 0.25) is 5.02 Å². The molecule has 1 aromatic carbocycles. The number of aromatic nitrogens is 4. The number of anilines is 4. The van der Waals surface area contributed by atoms with Crippen LogP contribution in [0.15, 0.2) is 36.8 Å². The van der Waals surface area contributed by atoms with E-state index in [2.05, 4.69) is 61.9 Å². The van der Waals surface area contributed by atoms with E-state index in [0.717, 1.165) is 35.8 Å². The van der Waals surface area contributed by atoms with Gasteiger partial charge in [0, 0.05) is 37.1 Å². The zero-order valence-electron chi connectivity index (χ0n) is 20.1. The van der Waals surface area contributed by atoms with Gasteiger partial charge < -0.3 is 16.0 Å². The summed E-state index contributed by atoms with van der Waals surface area (Å²) in [4.78, 5) is 17.2. The van der Waals surface area contributed by atoms with Crippen LogP contribution >= 0.6 is 11.6 Å². The first-order valence-corrected chi connectivity index (χ1v) is 13.4. The maximum atomic E-state index is 12.0. The molecule has 0 spiro atoms. The second-order valence-corrected chi connectivity index (χ2v) is 11.5. The first-order chi connectivity index (χ1) is 16.5. The standard InChI is InChI=1S/C23H29ClN8O2S/c1-23(2)14-25-8-7-15-11-16(5-6-17(15)23)30-22-29-12-18(24)20(31-22)28-13-19-21(27-10-9-26-19)32(3)35(4,33)34/h5-6,9-12,25H,7-8,13-14H2,1-4H3,(H2,28,29,30,31). The molecule has 3 N–H and O–H groups in total. The fourth-order valence-electron chi connectivity index (χ4n) is 4.01. The Bertz CT molecular complexity index is 1330. The number of nitrogens with zero attached hydrogens (tertiary/aromatic N) is 5. The smallest absolute Gasteiger partial charge is 0.233 e. The van der Waals surface area contributed by atoms with Crippen molar-refractivity contribution in [2.24, 2.45) is 0 Å². The fourth-order valence-corrected chi connectivity index (χ4v) is 4.63. The van der Waals surface area contributed by atoms with Gasteiger partial charge in [-0.05, 0) is 36.2 Å². The quantitative estimate of drug-likeness (QED) is 0.434. The number of hydrogen-bond acceptors (Lipinski definition) is 9. The SMILES string of the molecule is CN(c1nccnc1CNc1nc(Nc2ccc3c(c2)CCNCC3(C)C)ncc1Cl)S(C)(=O)=O. The van der Waals surface area contributed by atoms with Crippen molar-refractivity contribution in [1.82, 2.24) is 25.3 Å². The van der Waals surface area contributed by atoms with E-state index < -0.39 is 10.0 Å². The zero-order valence-corrected chi connectivity index (χ0v) is 21.7. The summed E-state index contributed by atoms with van der Waals surface area (Å²) in [5.74, 6) is 1.01. The van der Waals surface area contributed by atoms with E-state index in [-0.39, 0.29) is 17.8 Å². The Hall–Kier alpha value is -3.02. The summed E-state index contributed by atoms with van der Waals surface area (Å²) in [6, 6.07) is 6.33. The minimum atomic E-state index is -3.49. The van der Waals surface area contributed by atoms with Crippen LogP contribution in [0.4, 0.5) is 23.3 Å². The van der Waals surface area contributed by atoms with Crippen molar-refractivity contribution < 1.29 is 8.42 Å². The molecule has 0 unspecified atom stereocenters. The van der Waals surface area contributed by atoms with Gasteiger partial charge in [0.25, 0.3) is 0 Å². The van der Waals surface area contributed by atoms with Crippen molar-refractivity contribution in [2.45, 2.75) is 32.2 Å². The maximum Gasteiger partial charge on any atom is 0.233 e. The molecule has 3 aromatic rings. The second kappa shape index (κ2) is 9.92. The predicted octanol–water partition coefficient (Wildman–Crippen LogP) is 3.09. The van der Waals surface area contributed by atoms with Crippen LogP contribution in [0.3, 0.4) is 0 Å². The average molecular weight is 517 g/mol. The van der Waals surface area contributed by atoms with Crippen molar-refractivity contribution in [2.75, 3.05) is 41.3 Å². The molecule has 1 aliphatic rings. The Kier molecular flexibility index (Phi) is 7.11. The van der Waals surface area contributed by atoms with Gasteiger partial charge in [-0.25, -0.2) is 18.4 Å². The summed E-state index contributed by atoms with van der Waals surface area (Å²) in [6.07, 6.45) is 6.51. The molecule has 0 saturated heterocycles. The third-order valence-electron chi connectivity index (χ3n) is 5.94. The van der Waals surface area contributed by atoms with Gasteiger partial charge in [-0.1, -0.05) is 31.5 Å². The van der Waals surface area contributed by atoms with Crippen LogP contribution in [0, 0.1) is 0 Å². The van der Waals surface area contributed by atoms with Crippen molar-refractivity contribution in [3.05, 3.63) is 58.6 Å². The van der Waals surface area contributed by atoms with Crippen LogP contribution in [0.1, 0.15) is 30.7 Å². The largest absolute Gasteiger partial charge is 0.363 e. The summed E-state index contributed by atoms with van der Waals surface area (Å²) < 4.78 is 25.0. The summed E-state index contributed by atoms with van der Waals surface area (Å²) in [6.45, 7) is 6.53. The molecular weight excluding hydrogens is 488 g/mol. The molecule has 0 saturated carbocycles. The highest BCUT2D eigenvalue weighted by Gasteiger charge is 2.25. The van der Waals surface area contributed by atoms with E-state index >= 15 is 0 Å². The first-order valence-electron chi connectivity index (χ1n) is 11.2. The van der Waals surface area contributed by atoms with Gasteiger partial charge in [0.1, 0.15) is 10.7 Å². The van der Waals surface area contributed by atoms with E-state index in [1.165, 1.54) is 36.8 Å². The van der Waals surface area contributed by atoms with Crippen molar-refractivity contribution in [3.8, 4) is 0 Å². The Morgan fingerprint density at radius 2 is 1.97 bits per heavy atom. The Morgan fingerprint density at radius 1 is 1.20 bits per heavy atom. The maximum absolute atomic E-state index is 12.0. The average Bonchev–Trinajstić information content (AvgIpc) is 2.96. The van der Waals surface area contributed by atoms with E-state index in [1.807, 2.05) is 6.07 Å². The van der Waals surface area contributed by atoms with E-state index in [9.17, 15) is 8.42 Å². The molecule has 2 aromatic heterocycles. The van der Waals surface area contributed by atoms with Crippen molar-refractivity contribution >= 4 is 44.9 Å². The number of rotatable bonds is 7. The highest BCUT2D eigenvalue weighted by molar-refractivity contribution is 7.92. The van der Waals surface area contributed by atoms with Gasteiger partial charge in [0.2, 0.25) is 16.0 Å². The van der Waals surface area contributed by atoms with Gasteiger partial charge in [-0.2, -0.15) is 4.98 Å². The Labute approximate surface area is 210 Å². The van der Waals surface area contributed by atoms with Crippen molar-refractivity contribution in [1.29, 1.82) is 0 Å². The van der Waals surface area contributed by atoms with Crippen LogP contribution in [-0.4, -0.2) is 54.7 Å². The minimum Gasteiger partial charge on any atom is -0.363 e. The number of hydrogen-bond donors (Lipinski definition) is 3. The number of sulfonamides is 1. The fraction of sp³-hybridized carbons (Fsp3) is 0.391. The molecule has 4 rings (SSSR count). The zero-order chi connectivity index (χ0) is 25.2. The lowest BCUT2D eigenvalue weighted by Gasteiger charge is -2.25. The molecule has 3 heterocycles. The van der Waals surface area contributed by atoms with Gasteiger partial charge >= 0.3 is 0 Å². The predicted molar refractivity (Wildman–Crippen MR) is 139 cm³/mol. The summed E-state index contributed by atoms with van der Waals surface area (Å²) in [5.41, 5.74) is 4.02. The molecule has 1 aliphatic heterocycles. The van der Waals surface area contributed by atoms with E-state index in [4.69, 9.17) is 11.6 Å². The molecule has 186 valence electrons. The molecule has 0 atom stereocenters. The molecule has 0 aliphatic carbocycles. The van der Waals surface area contributed by atoms with Crippen LogP contribution < -0.4 is 20.3 Å². The monoisotopic (exact) mass is 516 g/mol. The Morgan fingerprint density at radius 3 is 2.74 bits per heavy atom. The van der Waals surface area contributed by atoms with Gasteiger partial charge in [-0.3, -0.25) is 9.29 Å². The second-order valence-electron chi connectivity index (χ2n) is 9.11. The molecule has 0 amide bonds. The summed E-state index contributed by atoms with van der Waals surface area (Å²) in [5, 5.41) is 10.2. The van der Waals surface area contributed by atoms with Crippen LogP contribution in [-0.2, 0) is 28.4 Å². The first kappa shape index (κ1) is 25.1. The Balaban J connectivity index is 1.53. The molecule has 0 radical (unpaired) electrons. The molecular formula is C23H29ClN8O2S. The van der Waals surface area contributed by atoms with E-state index in [1.54, 1.807) is 0 Å². The van der Waals surface area contributed by atoms with Gasteiger partial charge in [-0.15, -0.1) is 0 Å². The number of nitrogens with one attached hydrogen (secondary N) is 3. The lowest BCUT2D eigenvalue weighted by molar-refractivity contribution is 0.488. The summed E-state index contributed by atoms with van der Waals surface area (Å²) in [7, 11) is -2.06. The summed E-state index contributed by atoms with van der Waals surface area (Å²) >= 11 is 6.32. The van der Waals surface area contributed by atoms with Crippen LogP contribution in [0.25, 0.3) is 0 Å². The third kappa shape index (κ3) is 5.80. The van der Waals surface area contributed by atoms with Gasteiger partial charge in [0.15, 0.2) is 11.6 Å². The number of benzene rings is 1. The van der Waals surface area contributed by atoms with E-state index in [0.29, 0.717) is 22.5 Å². The normalized spacial score (nSPS) is 15.1. The molecule has 0 fully saturated rings. The lowest BCUT2D eigenvalue weighted by atomic mass is 9.82. The number of fused-ring (bicyclic) bond motifs is 1. The van der Waals surface area contributed by atoms with Gasteiger partial charge in [0.05, 0.1) is 19.0 Å². The topological polar surface area (TPSA) is 125 Å². The number of halogens is 1. The third-order valence-corrected chi connectivity index (χ3v) is 7.39. The molecule has 35 heavy (non-hydrogen) atoms. The molecule has 0 bridgehead atoms. The highest BCUT2D eigenvalue weighted by Crippen LogP contribution is 2.31. The molecule has 12 heteroatoms. The molecule has 10 nitrogen and oxygen atoms in total. The highest BCUT2D eigenvalue weighted by atomic mass is 35.5. The minimum absolute atomic E-state index is 0.0581. The van der Waals surface area contributed by atoms with Crippen LogP contribution in [0.5, 0.6) is 0 Å². The lowest BCUT2D eigenvalue weighted by Crippen LogP contribution is -2.31.